The number of likely N-dealkylation sites (tertiary alicyclic amines) is 1. The minimum atomic E-state index is 0.210. The highest BCUT2D eigenvalue weighted by molar-refractivity contribution is 5.66. The van der Waals surface area contributed by atoms with Crippen LogP contribution in [0.1, 0.15) is 53.4 Å². The SMILES string of the molecule is C1=Cc2cc(-c3cc4n(n3)CCC43CCN(Cc4nc5c([nH]4)COCC5)C3)cnc2CC1. The van der Waals surface area contributed by atoms with Crippen molar-refractivity contribution in [1.82, 2.24) is 29.6 Å². The van der Waals surface area contributed by atoms with Gasteiger partial charge in [-0.3, -0.25) is 14.6 Å². The molecule has 7 heteroatoms. The minimum Gasteiger partial charge on any atom is -0.375 e. The molecule has 1 aliphatic carbocycles. The number of allylic oxidation sites excluding steroid dienone is 1. The fourth-order valence-electron chi connectivity index (χ4n) is 6.00. The molecule has 4 aliphatic rings. The zero-order chi connectivity index (χ0) is 21.1. The summed E-state index contributed by atoms with van der Waals surface area (Å²) in [6, 6.07) is 4.58. The minimum absolute atomic E-state index is 0.210. The number of pyridine rings is 1. The highest BCUT2D eigenvalue weighted by Gasteiger charge is 2.45. The van der Waals surface area contributed by atoms with Gasteiger partial charge in [-0.2, -0.15) is 5.10 Å². The van der Waals surface area contributed by atoms with Crippen LogP contribution in [0.25, 0.3) is 17.3 Å². The Morgan fingerprint density at radius 2 is 2.09 bits per heavy atom. The van der Waals surface area contributed by atoms with E-state index >= 15 is 0 Å². The van der Waals surface area contributed by atoms with Crippen molar-refractivity contribution < 1.29 is 4.74 Å². The average Bonchev–Trinajstić information content (AvgIpc) is 3.59. The van der Waals surface area contributed by atoms with Crippen molar-refractivity contribution in [2.24, 2.45) is 0 Å². The van der Waals surface area contributed by atoms with Crippen molar-refractivity contribution in [2.45, 2.75) is 57.2 Å². The number of aromatic nitrogens is 5. The van der Waals surface area contributed by atoms with E-state index in [-0.39, 0.29) is 5.41 Å². The van der Waals surface area contributed by atoms with E-state index in [2.05, 4.69) is 38.9 Å². The molecule has 6 heterocycles. The number of rotatable bonds is 3. The van der Waals surface area contributed by atoms with E-state index < -0.39 is 0 Å². The van der Waals surface area contributed by atoms with Crippen LogP contribution in [-0.4, -0.2) is 49.3 Å². The fourth-order valence-corrected chi connectivity index (χ4v) is 6.00. The lowest BCUT2D eigenvalue weighted by Crippen LogP contribution is -2.29. The lowest BCUT2D eigenvalue weighted by molar-refractivity contribution is 0.107. The molecule has 0 aromatic carbocycles. The van der Waals surface area contributed by atoms with E-state index in [1.54, 1.807) is 0 Å². The molecule has 32 heavy (non-hydrogen) atoms. The predicted molar refractivity (Wildman–Crippen MR) is 121 cm³/mol. The molecule has 0 radical (unpaired) electrons. The van der Waals surface area contributed by atoms with Gasteiger partial charge < -0.3 is 9.72 Å². The number of nitrogens with zero attached hydrogens (tertiary/aromatic N) is 5. The summed E-state index contributed by atoms with van der Waals surface area (Å²) >= 11 is 0. The number of aromatic amines is 1. The molecule has 7 nitrogen and oxygen atoms in total. The highest BCUT2D eigenvalue weighted by Crippen LogP contribution is 2.44. The molecule has 7 rings (SSSR count). The molecule has 0 bridgehead atoms. The van der Waals surface area contributed by atoms with Crippen LogP contribution in [0.3, 0.4) is 0 Å². The second-order valence-electron chi connectivity index (χ2n) is 9.74. The third kappa shape index (κ3) is 2.98. The zero-order valence-corrected chi connectivity index (χ0v) is 18.3. The van der Waals surface area contributed by atoms with Crippen molar-refractivity contribution in [1.29, 1.82) is 0 Å². The second-order valence-corrected chi connectivity index (χ2v) is 9.74. The number of aryl methyl sites for hydroxylation is 2. The average molecular weight is 429 g/mol. The van der Waals surface area contributed by atoms with E-state index in [4.69, 9.17) is 19.8 Å². The number of ether oxygens (including phenoxy) is 1. The van der Waals surface area contributed by atoms with Crippen LogP contribution in [0, 0.1) is 0 Å². The Bertz CT molecular complexity index is 1200. The number of hydrogen-bond donors (Lipinski definition) is 1. The molecular weight excluding hydrogens is 400 g/mol. The van der Waals surface area contributed by atoms with Crippen molar-refractivity contribution in [3.63, 3.8) is 0 Å². The van der Waals surface area contributed by atoms with Gasteiger partial charge >= 0.3 is 0 Å². The lowest BCUT2D eigenvalue weighted by atomic mass is 9.82. The molecule has 1 unspecified atom stereocenters. The summed E-state index contributed by atoms with van der Waals surface area (Å²) in [6.07, 6.45) is 11.9. The maximum absolute atomic E-state index is 5.56. The lowest BCUT2D eigenvalue weighted by Gasteiger charge is -2.23. The summed E-state index contributed by atoms with van der Waals surface area (Å²) in [7, 11) is 0. The second kappa shape index (κ2) is 7.12. The molecule has 1 saturated heterocycles. The van der Waals surface area contributed by atoms with Gasteiger partial charge in [0.05, 0.1) is 36.8 Å². The Labute approximate surface area is 187 Å². The molecule has 1 fully saturated rings. The predicted octanol–water partition coefficient (Wildman–Crippen LogP) is 3.25. The molecular formula is C25H28N6O. The van der Waals surface area contributed by atoms with Crippen molar-refractivity contribution >= 4 is 6.08 Å². The van der Waals surface area contributed by atoms with Gasteiger partial charge in [0.1, 0.15) is 5.82 Å². The Morgan fingerprint density at radius 3 is 3.06 bits per heavy atom. The summed E-state index contributed by atoms with van der Waals surface area (Å²) in [6.45, 7) is 5.53. The summed E-state index contributed by atoms with van der Waals surface area (Å²) in [5.74, 6) is 1.08. The van der Waals surface area contributed by atoms with Crippen LogP contribution in [0.2, 0.25) is 0 Å². The van der Waals surface area contributed by atoms with E-state index in [0.717, 1.165) is 74.8 Å². The molecule has 1 atom stereocenters. The molecule has 3 aromatic heterocycles. The quantitative estimate of drug-likeness (QED) is 0.693. The summed E-state index contributed by atoms with van der Waals surface area (Å²) in [5, 5.41) is 4.98. The first-order valence-electron chi connectivity index (χ1n) is 11.9. The van der Waals surface area contributed by atoms with Crippen LogP contribution in [0.5, 0.6) is 0 Å². The van der Waals surface area contributed by atoms with Crippen LogP contribution in [-0.2, 0) is 42.7 Å². The number of H-pyrrole nitrogens is 1. The first-order valence-corrected chi connectivity index (χ1v) is 11.9. The Morgan fingerprint density at radius 1 is 1.12 bits per heavy atom. The van der Waals surface area contributed by atoms with Crippen molar-refractivity contribution in [2.75, 3.05) is 19.7 Å². The number of nitrogens with one attached hydrogen (secondary N) is 1. The van der Waals surface area contributed by atoms with Crippen LogP contribution < -0.4 is 0 Å². The molecule has 3 aliphatic heterocycles. The summed E-state index contributed by atoms with van der Waals surface area (Å²) < 4.78 is 7.81. The largest absolute Gasteiger partial charge is 0.375 e. The van der Waals surface area contributed by atoms with Crippen LogP contribution in [0.4, 0.5) is 0 Å². The van der Waals surface area contributed by atoms with Crippen molar-refractivity contribution in [3.05, 3.63) is 58.6 Å². The number of fused-ring (bicyclic) bond motifs is 4. The standard InChI is InChI=1S/C25H28N6O/c1-2-4-19-17(3-1)11-18(13-26-19)21-12-23-25(7-9-31(23)29-21)6-8-30(16-25)14-24-27-20-5-10-32-15-22(20)28-24/h1,3,11-13H,2,4-10,14-16H2,(H,27,28). The molecule has 0 saturated carbocycles. The summed E-state index contributed by atoms with van der Waals surface area (Å²) in [4.78, 5) is 15.6. The van der Waals surface area contributed by atoms with Gasteiger partial charge in [-0.15, -0.1) is 0 Å². The third-order valence-electron chi connectivity index (χ3n) is 7.72. The normalized spacial score (nSPS) is 24.1. The van der Waals surface area contributed by atoms with Gasteiger partial charge in [-0.05, 0) is 49.9 Å². The van der Waals surface area contributed by atoms with Crippen molar-refractivity contribution in [3.8, 4) is 11.3 Å². The zero-order valence-electron chi connectivity index (χ0n) is 18.3. The maximum atomic E-state index is 5.56. The smallest absolute Gasteiger partial charge is 0.120 e. The monoisotopic (exact) mass is 428 g/mol. The van der Waals surface area contributed by atoms with E-state index in [1.807, 2.05) is 6.20 Å². The van der Waals surface area contributed by atoms with Gasteiger partial charge in [0.15, 0.2) is 0 Å². The molecule has 164 valence electrons. The first kappa shape index (κ1) is 18.8. The summed E-state index contributed by atoms with van der Waals surface area (Å²) in [5.41, 5.74) is 8.61. The van der Waals surface area contributed by atoms with Gasteiger partial charge in [-0.1, -0.05) is 12.2 Å². The van der Waals surface area contributed by atoms with Crippen LogP contribution >= 0.6 is 0 Å². The number of imidazole rings is 1. The van der Waals surface area contributed by atoms with Gasteiger partial charge in [0.25, 0.3) is 0 Å². The van der Waals surface area contributed by atoms with Crippen LogP contribution in [0.15, 0.2) is 24.4 Å². The van der Waals surface area contributed by atoms with Gasteiger partial charge in [0.2, 0.25) is 0 Å². The number of hydrogen-bond acceptors (Lipinski definition) is 5. The Kier molecular flexibility index (Phi) is 4.17. The van der Waals surface area contributed by atoms with E-state index in [0.29, 0.717) is 6.61 Å². The fraction of sp³-hybridized carbons (Fsp3) is 0.480. The van der Waals surface area contributed by atoms with E-state index in [9.17, 15) is 0 Å². The van der Waals surface area contributed by atoms with E-state index in [1.165, 1.54) is 35.5 Å². The first-order chi connectivity index (χ1) is 15.8. The topological polar surface area (TPSA) is 71.9 Å². The molecule has 3 aromatic rings. The molecule has 1 spiro atoms. The molecule has 0 amide bonds. The van der Waals surface area contributed by atoms with Gasteiger partial charge in [-0.25, -0.2) is 4.98 Å². The molecule has 1 N–H and O–H groups in total. The third-order valence-corrected chi connectivity index (χ3v) is 7.72. The van der Waals surface area contributed by atoms with Gasteiger partial charge in [0, 0.05) is 48.1 Å². The Hall–Kier alpha value is -2.77. The Balaban J connectivity index is 1.12. The highest BCUT2D eigenvalue weighted by atomic mass is 16.5. The maximum Gasteiger partial charge on any atom is 0.120 e.